The van der Waals surface area contributed by atoms with Gasteiger partial charge in [-0.1, -0.05) is 37.6 Å². The Labute approximate surface area is 253 Å². The molecule has 0 aromatic heterocycles. The van der Waals surface area contributed by atoms with Crippen molar-refractivity contribution >= 4 is 58.3 Å². The van der Waals surface area contributed by atoms with E-state index in [-0.39, 0.29) is 34.3 Å². The maximum Gasteiger partial charge on any atom is 0.416 e. The lowest BCUT2D eigenvalue weighted by Crippen LogP contribution is -2.35. The van der Waals surface area contributed by atoms with Crippen LogP contribution in [0.2, 0.25) is 5.02 Å². The SMILES string of the molecule is C1CCNC1.CC.CC(=N)c1cc(/C=C(\SC=O)C(=O)N(C)CC(N)=O)ccc1NCc1ccc(Cl)cc1C(F)(F)F. The number of hydrogen-bond acceptors (Lipinski definition) is 7. The molecular weight excluding hydrogens is 591 g/mol. The molecule has 0 bridgehead atoms. The van der Waals surface area contributed by atoms with Gasteiger partial charge in [-0.2, -0.15) is 13.2 Å². The third kappa shape index (κ3) is 12.3. The number of nitrogens with zero attached hydrogens (tertiary/aromatic N) is 1. The van der Waals surface area contributed by atoms with Crippen LogP contribution in [0.15, 0.2) is 41.3 Å². The van der Waals surface area contributed by atoms with Crippen LogP contribution in [0.3, 0.4) is 0 Å². The molecule has 2 aromatic carbocycles. The molecule has 0 radical (unpaired) electrons. The summed E-state index contributed by atoms with van der Waals surface area (Å²) in [6, 6.07) is 8.20. The number of thioether (sulfide) groups is 1. The van der Waals surface area contributed by atoms with Crippen molar-refractivity contribution in [1.82, 2.24) is 10.2 Å². The average molecular weight is 628 g/mol. The maximum atomic E-state index is 13.4. The van der Waals surface area contributed by atoms with Crippen LogP contribution in [0.25, 0.3) is 6.08 Å². The number of amides is 2. The number of benzene rings is 2. The van der Waals surface area contributed by atoms with Crippen molar-refractivity contribution in [3.63, 3.8) is 0 Å². The highest BCUT2D eigenvalue weighted by Gasteiger charge is 2.33. The molecule has 230 valence electrons. The van der Waals surface area contributed by atoms with Crippen LogP contribution in [0.5, 0.6) is 0 Å². The van der Waals surface area contributed by atoms with Gasteiger partial charge in [0.15, 0.2) is 5.62 Å². The average Bonchev–Trinajstić information content (AvgIpc) is 3.53. The molecule has 0 saturated carbocycles. The molecule has 1 saturated heterocycles. The largest absolute Gasteiger partial charge is 0.416 e. The Kier molecular flexibility index (Phi) is 15.9. The number of carbonyl (C=O) groups is 3. The third-order valence-corrected chi connectivity index (χ3v) is 6.55. The molecule has 0 spiro atoms. The molecule has 3 rings (SSSR count). The highest BCUT2D eigenvalue weighted by atomic mass is 35.5. The topological polar surface area (TPSA) is 128 Å². The second kappa shape index (κ2) is 18.2. The summed E-state index contributed by atoms with van der Waals surface area (Å²) < 4.78 is 40.1. The summed E-state index contributed by atoms with van der Waals surface area (Å²) >= 11 is 6.34. The first-order chi connectivity index (χ1) is 19.8. The molecule has 0 atom stereocenters. The molecule has 8 nitrogen and oxygen atoms in total. The smallest absolute Gasteiger partial charge is 0.380 e. The number of primary amides is 1. The van der Waals surface area contributed by atoms with E-state index in [1.807, 2.05) is 13.8 Å². The zero-order valence-electron chi connectivity index (χ0n) is 24.0. The van der Waals surface area contributed by atoms with E-state index in [1.54, 1.807) is 18.2 Å². The van der Waals surface area contributed by atoms with Gasteiger partial charge in [0.1, 0.15) is 0 Å². The van der Waals surface area contributed by atoms with Crippen LogP contribution in [0.1, 0.15) is 55.9 Å². The van der Waals surface area contributed by atoms with E-state index in [0.717, 1.165) is 11.0 Å². The maximum absolute atomic E-state index is 13.4. The van der Waals surface area contributed by atoms with Crippen molar-refractivity contribution in [2.75, 3.05) is 32.0 Å². The third-order valence-electron chi connectivity index (χ3n) is 5.67. The zero-order valence-corrected chi connectivity index (χ0v) is 25.6. The van der Waals surface area contributed by atoms with Crippen LogP contribution >= 0.6 is 23.4 Å². The Morgan fingerprint density at radius 2 is 1.81 bits per heavy atom. The number of nitrogens with two attached hydrogens (primary N) is 1. The zero-order chi connectivity index (χ0) is 31.9. The number of hydrogen-bond donors (Lipinski definition) is 4. The van der Waals surface area contributed by atoms with Gasteiger partial charge in [-0.3, -0.25) is 14.4 Å². The lowest BCUT2D eigenvalue weighted by Gasteiger charge is -2.17. The highest BCUT2D eigenvalue weighted by Crippen LogP contribution is 2.34. The molecule has 1 heterocycles. The minimum absolute atomic E-state index is 0.0211. The summed E-state index contributed by atoms with van der Waals surface area (Å²) in [6.07, 6.45) is -0.395. The predicted octanol–water partition coefficient (Wildman–Crippen LogP) is 5.96. The lowest BCUT2D eigenvalue weighted by atomic mass is 10.0. The monoisotopic (exact) mass is 627 g/mol. The fraction of sp³-hybridized carbons (Fsp3) is 0.379. The summed E-state index contributed by atoms with van der Waals surface area (Å²) in [5.74, 6) is -1.32. The fourth-order valence-electron chi connectivity index (χ4n) is 3.74. The van der Waals surface area contributed by atoms with Crippen molar-refractivity contribution in [1.29, 1.82) is 5.41 Å². The minimum Gasteiger partial charge on any atom is -0.380 e. The number of rotatable bonds is 10. The molecule has 1 fully saturated rings. The summed E-state index contributed by atoms with van der Waals surface area (Å²) in [6.45, 7) is 7.49. The molecule has 0 unspecified atom stereocenters. The molecule has 1 aliphatic heterocycles. The number of likely N-dealkylation sites (N-methyl/N-ethyl adjacent to an activating group) is 1. The first-order valence-electron chi connectivity index (χ1n) is 13.2. The van der Waals surface area contributed by atoms with Gasteiger partial charge in [0.05, 0.1) is 17.0 Å². The first-order valence-corrected chi connectivity index (χ1v) is 14.4. The molecule has 0 aliphatic carbocycles. The Morgan fingerprint density at radius 1 is 1.17 bits per heavy atom. The first kappa shape index (κ1) is 36.7. The standard InChI is InChI=1S/C23H22ClF3N4O3S.C4H9N.C2H6/c1-13(28)17-7-14(8-20(35-12-32)22(34)31(2)11-21(29)33)3-6-19(17)30-10-15-4-5-16(24)9-18(15)23(25,26)27;1-2-4-5-3-1;1-2/h3-9,12,28,30H,10-11H2,1-2H3,(H2,29,33);5H,1-4H2;1-2H3/b20-8-,28-13?;;. The van der Waals surface area contributed by atoms with Crippen molar-refractivity contribution in [3.8, 4) is 0 Å². The second-order valence-corrected chi connectivity index (χ2v) is 10.2. The lowest BCUT2D eigenvalue weighted by molar-refractivity contribution is -0.138. The van der Waals surface area contributed by atoms with Gasteiger partial charge in [-0.05, 0) is 86.1 Å². The molecule has 5 N–H and O–H groups in total. The molecule has 13 heteroatoms. The Hall–Kier alpha value is -3.35. The molecule has 2 amide bonds. The van der Waals surface area contributed by atoms with E-state index in [0.29, 0.717) is 34.2 Å². The molecule has 1 aliphatic rings. The van der Waals surface area contributed by atoms with Gasteiger partial charge in [0.2, 0.25) is 5.91 Å². The fourth-order valence-corrected chi connectivity index (χ4v) is 4.48. The number of carbonyl (C=O) groups excluding carboxylic acids is 3. The van der Waals surface area contributed by atoms with Crippen molar-refractivity contribution < 1.29 is 27.6 Å². The highest BCUT2D eigenvalue weighted by molar-refractivity contribution is 8.16. The number of nitrogens with one attached hydrogen (secondary N) is 3. The van der Waals surface area contributed by atoms with Crippen molar-refractivity contribution in [2.24, 2.45) is 5.73 Å². The van der Waals surface area contributed by atoms with Crippen LogP contribution in [0, 0.1) is 5.41 Å². The number of halogens is 4. The van der Waals surface area contributed by atoms with Gasteiger partial charge < -0.3 is 26.7 Å². The summed E-state index contributed by atoms with van der Waals surface area (Å²) in [7, 11) is 1.36. The van der Waals surface area contributed by atoms with Crippen LogP contribution in [0.4, 0.5) is 18.9 Å². The van der Waals surface area contributed by atoms with Gasteiger partial charge in [0.25, 0.3) is 5.91 Å². The second-order valence-electron chi connectivity index (χ2n) is 8.89. The van der Waals surface area contributed by atoms with E-state index in [9.17, 15) is 27.6 Å². The van der Waals surface area contributed by atoms with E-state index < -0.39 is 23.6 Å². The van der Waals surface area contributed by atoms with E-state index in [1.165, 1.54) is 58.1 Å². The van der Waals surface area contributed by atoms with Crippen LogP contribution < -0.4 is 16.4 Å². The van der Waals surface area contributed by atoms with Gasteiger partial charge in [-0.25, -0.2) is 0 Å². The van der Waals surface area contributed by atoms with Crippen molar-refractivity contribution in [3.05, 3.63) is 68.6 Å². The van der Waals surface area contributed by atoms with Crippen LogP contribution in [-0.2, 0) is 27.1 Å². The van der Waals surface area contributed by atoms with Crippen molar-refractivity contribution in [2.45, 2.75) is 46.3 Å². The Balaban J connectivity index is 0.00000111. The number of anilines is 1. The van der Waals surface area contributed by atoms with E-state index in [2.05, 4.69) is 10.6 Å². The minimum atomic E-state index is -4.59. The van der Waals surface area contributed by atoms with Gasteiger partial charge >= 0.3 is 6.18 Å². The summed E-state index contributed by atoms with van der Waals surface area (Å²) in [5, 5.41) is 14.2. The molecule has 42 heavy (non-hydrogen) atoms. The van der Waals surface area contributed by atoms with Crippen LogP contribution in [-0.4, -0.2) is 54.7 Å². The van der Waals surface area contributed by atoms with E-state index in [4.69, 9.17) is 22.7 Å². The normalized spacial score (nSPS) is 12.7. The predicted molar refractivity (Wildman–Crippen MR) is 165 cm³/mol. The molecule has 2 aromatic rings. The summed E-state index contributed by atoms with van der Waals surface area (Å²) in [5.41, 5.74) is 6.06. The Bertz CT molecular complexity index is 1260. The number of alkyl halides is 3. The van der Waals surface area contributed by atoms with E-state index >= 15 is 0 Å². The van der Waals surface area contributed by atoms with Gasteiger partial charge in [0, 0.05) is 35.6 Å². The Morgan fingerprint density at radius 3 is 2.31 bits per heavy atom. The van der Waals surface area contributed by atoms with Gasteiger partial charge in [-0.15, -0.1) is 0 Å². The quantitative estimate of drug-likeness (QED) is 0.146. The molecular formula is C29H37ClF3N5O3S. The summed E-state index contributed by atoms with van der Waals surface area (Å²) in [4.78, 5) is 35.8.